The normalized spacial score (nSPS) is 18.2. The quantitative estimate of drug-likeness (QED) is 0.311. The second-order valence-electron chi connectivity index (χ2n) is 9.27. The number of aromatic nitrogens is 2. The maximum absolute atomic E-state index is 13.2. The minimum atomic E-state index is -1.01. The average Bonchev–Trinajstić information content (AvgIpc) is 3.38. The molecule has 4 rings (SSSR count). The van der Waals surface area contributed by atoms with Crippen molar-refractivity contribution >= 4 is 17.9 Å². The molecule has 1 aromatic heterocycles. The van der Waals surface area contributed by atoms with E-state index in [-0.39, 0.29) is 23.8 Å². The molecule has 1 aliphatic rings. The van der Waals surface area contributed by atoms with E-state index in [0.717, 1.165) is 36.8 Å². The molecule has 9 nitrogen and oxygen atoms in total. The molecule has 0 unspecified atom stereocenters. The molecule has 1 saturated carbocycles. The van der Waals surface area contributed by atoms with Crippen LogP contribution in [0.2, 0.25) is 0 Å². The van der Waals surface area contributed by atoms with Crippen LogP contribution in [0.25, 0.3) is 11.3 Å². The highest BCUT2D eigenvalue weighted by molar-refractivity contribution is 5.93. The van der Waals surface area contributed by atoms with E-state index in [2.05, 4.69) is 15.6 Å². The first-order valence-electron chi connectivity index (χ1n) is 12.2. The van der Waals surface area contributed by atoms with Crippen molar-refractivity contribution in [2.45, 2.75) is 38.1 Å². The van der Waals surface area contributed by atoms with Crippen molar-refractivity contribution in [2.75, 3.05) is 6.54 Å². The van der Waals surface area contributed by atoms with Crippen LogP contribution in [0.5, 0.6) is 0 Å². The van der Waals surface area contributed by atoms with Gasteiger partial charge in [0.1, 0.15) is 5.82 Å². The number of primary amides is 1. The second kappa shape index (κ2) is 11.5. The van der Waals surface area contributed by atoms with Gasteiger partial charge in [0, 0.05) is 29.8 Å². The summed E-state index contributed by atoms with van der Waals surface area (Å²) < 4.78 is 0. The van der Waals surface area contributed by atoms with E-state index in [4.69, 9.17) is 15.8 Å². The summed E-state index contributed by atoms with van der Waals surface area (Å²) in [5.74, 6) is 0.311. The van der Waals surface area contributed by atoms with Gasteiger partial charge in [-0.05, 0) is 55.7 Å². The fourth-order valence-electron chi connectivity index (χ4n) is 4.68. The number of amides is 3. The van der Waals surface area contributed by atoms with E-state index in [9.17, 15) is 14.4 Å². The monoisotopic (exact) mass is 489 g/mol. The van der Waals surface area contributed by atoms with E-state index < -0.39 is 12.0 Å². The molecule has 0 radical (unpaired) electrons. The molecular formula is C27H31N5O4. The third-order valence-corrected chi connectivity index (χ3v) is 6.75. The summed E-state index contributed by atoms with van der Waals surface area (Å²) in [7, 11) is 0. The van der Waals surface area contributed by atoms with Crippen LogP contribution in [0.4, 0.5) is 4.79 Å². The van der Waals surface area contributed by atoms with Gasteiger partial charge in [0.25, 0.3) is 0 Å². The number of H-pyrrole nitrogens is 1. The predicted octanol–water partition coefficient (Wildman–Crippen LogP) is 3.65. The minimum absolute atomic E-state index is 0.00987. The highest BCUT2D eigenvalue weighted by Gasteiger charge is 2.29. The van der Waals surface area contributed by atoms with Crippen LogP contribution in [-0.2, 0) is 11.2 Å². The predicted molar refractivity (Wildman–Crippen MR) is 135 cm³/mol. The maximum Gasteiger partial charge on any atom is 0.404 e. The zero-order valence-corrected chi connectivity index (χ0v) is 19.9. The van der Waals surface area contributed by atoms with Crippen LogP contribution >= 0.6 is 0 Å². The van der Waals surface area contributed by atoms with Gasteiger partial charge in [0.2, 0.25) is 11.8 Å². The molecule has 36 heavy (non-hydrogen) atoms. The van der Waals surface area contributed by atoms with Crippen molar-refractivity contribution in [3.63, 3.8) is 0 Å². The van der Waals surface area contributed by atoms with Crippen LogP contribution in [0.3, 0.4) is 0 Å². The van der Waals surface area contributed by atoms with E-state index in [1.54, 1.807) is 30.5 Å². The lowest BCUT2D eigenvalue weighted by Gasteiger charge is -2.29. The minimum Gasteiger partial charge on any atom is -0.465 e. The summed E-state index contributed by atoms with van der Waals surface area (Å²) in [4.78, 5) is 43.3. The first-order chi connectivity index (χ1) is 17.4. The van der Waals surface area contributed by atoms with Crippen molar-refractivity contribution in [1.82, 2.24) is 20.6 Å². The van der Waals surface area contributed by atoms with Gasteiger partial charge in [-0.25, -0.2) is 9.78 Å². The smallest absolute Gasteiger partial charge is 0.404 e. The maximum atomic E-state index is 13.2. The standard InChI is InChI=1S/C27H31N5O4/c28-24(33)20-12-10-19(11-13-20)23-16-29-25(31-23)22(14-17-4-2-1-3-5-17)32-26(34)21-8-6-18(7-9-21)15-30-27(35)36/h1-5,10-13,16,18,21-22,30H,6-9,14-15H2,(H2,28,33)(H,29,31)(H,32,34)(H,35,36)/t18?,21?,22-/m0/s1. The largest absolute Gasteiger partial charge is 0.465 e. The van der Waals surface area contributed by atoms with Crippen molar-refractivity contribution in [2.24, 2.45) is 17.6 Å². The molecule has 9 heteroatoms. The van der Waals surface area contributed by atoms with Crippen molar-refractivity contribution in [3.8, 4) is 11.3 Å². The highest BCUT2D eigenvalue weighted by atomic mass is 16.4. The Kier molecular flexibility index (Phi) is 7.99. The molecule has 0 spiro atoms. The summed E-state index contributed by atoms with van der Waals surface area (Å²) in [5.41, 5.74) is 8.38. The number of nitrogens with zero attached hydrogens (tertiary/aromatic N) is 1. The number of carbonyl (C=O) groups excluding carboxylic acids is 2. The van der Waals surface area contributed by atoms with E-state index in [0.29, 0.717) is 30.0 Å². The third-order valence-electron chi connectivity index (χ3n) is 6.75. The molecule has 2 aromatic carbocycles. The summed E-state index contributed by atoms with van der Waals surface area (Å²) >= 11 is 0. The number of rotatable bonds is 9. The second-order valence-corrected chi connectivity index (χ2v) is 9.27. The molecule has 3 aromatic rings. The molecule has 1 fully saturated rings. The Balaban J connectivity index is 1.46. The molecule has 3 amide bonds. The van der Waals surface area contributed by atoms with E-state index in [1.165, 1.54) is 0 Å². The van der Waals surface area contributed by atoms with Crippen LogP contribution in [0, 0.1) is 11.8 Å². The van der Waals surface area contributed by atoms with Crippen molar-refractivity contribution in [3.05, 3.63) is 77.7 Å². The molecule has 6 N–H and O–H groups in total. The SMILES string of the molecule is NC(=O)c1ccc(-c2c[nH]c([C@H](Cc3ccccc3)NC(=O)C3CCC(CNC(=O)O)CC3)n2)cc1. The first-order valence-corrected chi connectivity index (χ1v) is 12.2. The number of nitrogens with two attached hydrogens (primary N) is 1. The van der Waals surface area contributed by atoms with Crippen LogP contribution < -0.4 is 16.4 Å². The lowest BCUT2D eigenvalue weighted by molar-refractivity contribution is -0.127. The van der Waals surface area contributed by atoms with E-state index in [1.807, 2.05) is 30.3 Å². The number of carboxylic acid groups (broad SMARTS) is 1. The Morgan fingerprint density at radius 1 is 1.03 bits per heavy atom. The molecule has 0 saturated heterocycles. The molecular weight excluding hydrogens is 458 g/mol. The zero-order valence-electron chi connectivity index (χ0n) is 19.9. The van der Waals surface area contributed by atoms with Crippen molar-refractivity contribution < 1.29 is 19.5 Å². The number of hydrogen-bond donors (Lipinski definition) is 5. The van der Waals surface area contributed by atoms with E-state index >= 15 is 0 Å². The Morgan fingerprint density at radius 2 is 1.72 bits per heavy atom. The molecule has 1 heterocycles. The topological polar surface area (TPSA) is 150 Å². The highest BCUT2D eigenvalue weighted by Crippen LogP contribution is 2.30. The Morgan fingerprint density at radius 3 is 2.36 bits per heavy atom. The van der Waals surface area contributed by atoms with Gasteiger partial charge in [0.05, 0.1) is 11.7 Å². The molecule has 0 aliphatic heterocycles. The fraction of sp³-hybridized carbons (Fsp3) is 0.333. The number of benzene rings is 2. The Bertz CT molecular complexity index is 1180. The van der Waals surface area contributed by atoms with Gasteiger partial charge >= 0.3 is 6.09 Å². The lowest BCUT2D eigenvalue weighted by atomic mass is 9.81. The molecule has 0 bridgehead atoms. The van der Waals surface area contributed by atoms with Crippen LogP contribution in [0.1, 0.15) is 53.5 Å². The van der Waals surface area contributed by atoms with Gasteiger partial charge in [-0.3, -0.25) is 9.59 Å². The lowest BCUT2D eigenvalue weighted by Crippen LogP contribution is -2.38. The van der Waals surface area contributed by atoms with Crippen LogP contribution in [0.15, 0.2) is 60.8 Å². The number of aromatic amines is 1. The third kappa shape index (κ3) is 6.50. The number of nitrogens with one attached hydrogen (secondary N) is 3. The van der Waals surface area contributed by atoms with Gasteiger partial charge in [-0.2, -0.15) is 0 Å². The van der Waals surface area contributed by atoms with Crippen LogP contribution in [-0.4, -0.2) is 39.5 Å². The van der Waals surface area contributed by atoms with Gasteiger partial charge in [0.15, 0.2) is 0 Å². The molecule has 188 valence electrons. The van der Waals surface area contributed by atoms with Gasteiger partial charge in [-0.15, -0.1) is 0 Å². The van der Waals surface area contributed by atoms with Gasteiger partial charge in [-0.1, -0.05) is 42.5 Å². The Labute approximate surface area is 209 Å². The number of carbonyl (C=O) groups is 3. The van der Waals surface area contributed by atoms with Crippen molar-refractivity contribution in [1.29, 1.82) is 0 Å². The summed E-state index contributed by atoms with van der Waals surface area (Å²) in [5, 5.41) is 14.5. The summed E-state index contributed by atoms with van der Waals surface area (Å²) in [6, 6.07) is 16.5. The molecule has 1 aliphatic carbocycles. The molecule has 1 atom stereocenters. The number of imidazole rings is 1. The fourth-order valence-corrected chi connectivity index (χ4v) is 4.68. The summed E-state index contributed by atoms with van der Waals surface area (Å²) in [6.07, 6.45) is 4.44. The Hall–Kier alpha value is -4.14. The summed E-state index contributed by atoms with van der Waals surface area (Å²) in [6.45, 7) is 0.426. The van der Waals surface area contributed by atoms with Gasteiger partial charge < -0.3 is 26.5 Å². The number of hydrogen-bond acceptors (Lipinski definition) is 4. The first kappa shape index (κ1) is 25.0. The zero-order chi connectivity index (χ0) is 25.5. The average molecular weight is 490 g/mol.